The molecule has 0 aliphatic heterocycles. The van der Waals surface area contributed by atoms with Crippen LogP contribution in [0.25, 0.3) is 0 Å². The second kappa shape index (κ2) is 5.15. The van der Waals surface area contributed by atoms with Crippen LogP contribution in [-0.4, -0.2) is 11.1 Å². The Morgan fingerprint density at radius 3 is 3.00 bits per heavy atom. The third kappa shape index (κ3) is 2.95. The van der Waals surface area contributed by atoms with Crippen LogP contribution in [0.4, 0.5) is 5.69 Å². The number of nitrogens with one attached hydrogen (secondary N) is 1. The van der Waals surface area contributed by atoms with Crippen molar-refractivity contribution in [3.8, 4) is 6.07 Å². The van der Waals surface area contributed by atoms with Gasteiger partial charge >= 0.3 is 0 Å². The third-order valence-electron chi connectivity index (χ3n) is 2.29. The van der Waals surface area contributed by atoms with Gasteiger partial charge in [0.05, 0.1) is 23.7 Å². The molecule has 0 radical (unpaired) electrons. The number of hydrogen-bond acceptors (Lipinski definition) is 4. The van der Waals surface area contributed by atoms with Crippen LogP contribution < -0.4 is 5.32 Å². The second-order valence-electron chi connectivity index (χ2n) is 3.85. The van der Waals surface area contributed by atoms with Gasteiger partial charge in [-0.15, -0.1) is 0 Å². The Kier molecular flexibility index (Phi) is 3.39. The minimum atomic E-state index is -0.196. The lowest BCUT2D eigenvalue weighted by Gasteiger charge is -2.03. The summed E-state index contributed by atoms with van der Waals surface area (Å²) in [6.45, 7) is 1.77. The summed E-state index contributed by atoms with van der Waals surface area (Å²) >= 11 is 0. The minimum Gasteiger partial charge on any atom is -0.361 e. The van der Waals surface area contributed by atoms with Crippen molar-refractivity contribution in [2.24, 2.45) is 0 Å². The van der Waals surface area contributed by atoms with Gasteiger partial charge in [0.15, 0.2) is 0 Å². The van der Waals surface area contributed by atoms with E-state index in [1.807, 2.05) is 6.07 Å². The molecule has 0 fully saturated rings. The number of hydrogen-bond donors (Lipinski definition) is 1. The van der Waals surface area contributed by atoms with E-state index in [0.29, 0.717) is 22.7 Å². The Morgan fingerprint density at radius 1 is 1.50 bits per heavy atom. The molecule has 0 saturated heterocycles. The molecule has 0 bridgehead atoms. The smallest absolute Gasteiger partial charge is 0.230 e. The van der Waals surface area contributed by atoms with Gasteiger partial charge in [-0.2, -0.15) is 5.26 Å². The van der Waals surface area contributed by atoms with E-state index in [1.54, 1.807) is 37.3 Å². The molecule has 0 atom stereocenters. The normalized spacial score (nSPS) is 9.78. The van der Waals surface area contributed by atoms with Crippen LogP contribution in [0.3, 0.4) is 0 Å². The van der Waals surface area contributed by atoms with Crippen LogP contribution in [0.1, 0.15) is 17.0 Å². The van der Waals surface area contributed by atoms with Gasteiger partial charge in [0.25, 0.3) is 0 Å². The largest absolute Gasteiger partial charge is 0.361 e. The first-order chi connectivity index (χ1) is 8.67. The zero-order chi connectivity index (χ0) is 13.0. The molecule has 0 spiro atoms. The predicted octanol–water partition coefficient (Wildman–Crippen LogP) is 2.04. The second-order valence-corrected chi connectivity index (χ2v) is 3.85. The van der Waals surface area contributed by atoms with E-state index in [2.05, 4.69) is 10.5 Å². The monoisotopic (exact) mass is 241 g/mol. The highest BCUT2D eigenvalue weighted by Gasteiger charge is 2.08. The van der Waals surface area contributed by atoms with Crippen molar-refractivity contribution in [2.75, 3.05) is 5.32 Å². The number of carbonyl (C=O) groups is 1. The molecule has 1 aromatic carbocycles. The first-order valence-electron chi connectivity index (χ1n) is 5.39. The molecule has 2 rings (SSSR count). The average Bonchev–Trinajstić information content (AvgIpc) is 2.74. The van der Waals surface area contributed by atoms with E-state index in [-0.39, 0.29) is 12.3 Å². The van der Waals surface area contributed by atoms with E-state index in [4.69, 9.17) is 9.78 Å². The number of carbonyl (C=O) groups excluding carboxylic acids is 1. The minimum absolute atomic E-state index is 0.147. The van der Waals surface area contributed by atoms with Crippen molar-refractivity contribution in [3.63, 3.8) is 0 Å². The molecule has 18 heavy (non-hydrogen) atoms. The molecule has 1 aromatic heterocycles. The molecule has 90 valence electrons. The maximum atomic E-state index is 11.7. The van der Waals surface area contributed by atoms with Crippen LogP contribution in [0.5, 0.6) is 0 Å². The molecule has 2 aromatic rings. The molecule has 0 unspecified atom stereocenters. The van der Waals surface area contributed by atoms with Crippen LogP contribution in [0, 0.1) is 18.3 Å². The number of nitriles is 1. The number of aryl methyl sites for hydroxylation is 1. The van der Waals surface area contributed by atoms with Gasteiger partial charge in [-0.05, 0) is 25.1 Å². The van der Waals surface area contributed by atoms with E-state index in [9.17, 15) is 4.79 Å². The molecule has 0 saturated carbocycles. The van der Waals surface area contributed by atoms with Gasteiger partial charge in [0.1, 0.15) is 5.76 Å². The first-order valence-corrected chi connectivity index (χ1v) is 5.39. The fraction of sp³-hybridized carbons (Fsp3) is 0.154. The first kappa shape index (κ1) is 11.9. The number of anilines is 1. The quantitative estimate of drug-likeness (QED) is 0.891. The third-order valence-corrected chi connectivity index (χ3v) is 2.29. The lowest BCUT2D eigenvalue weighted by molar-refractivity contribution is -0.115. The number of aromatic nitrogens is 1. The van der Waals surface area contributed by atoms with Crippen LogP contribution in [0.15, 0.2) is 34.9 Å². The molecule has 5 nitrogen and oxygen atoms in total. The summed E-state index contributed by atoms with van der Waals surface area (Å²) < 4.78 is 4.88. The zero-order valence-electron chi connectivity index (χ0n) is 9.80. The van der Waals surface area contributed by atoms with Crippen LogP contribution in [-0.2, 0) is 11.2 Å². The summed E-state index contributed by atoms with van der Waals surface area (Å²) in [4.78, 5) is 11.7. The van der Waals surface area contributed by atoms with Crippen LogP contribution in [0.2, 0.25) is 0 Å². The Hall–Kier alpha value is -2.61. The summed E-state index contributed by atoms with van der Waals surface area (Å²) in [5.74, 6) is 0.475. The highest BCUT2D eigenvalue weighted by Crippen LogP contribution is 2.10. The Morgan fingerprint density at radius 2 is 2.33 bits per heavy atom. The Labute approximate surface area is 104 Å². The molecule has 0 aliphatic carbocycles. The zero-order valence-corrected chi connectivity index (χ0v) is 9.80. The number of nitrogens with zero attached hydrogens (tertiary/aromatic N) is 2. The topological polar surface area (TPSA) is 78.9 Å². The van der Waals surface area contributed by atoms with Gasteiger partial charge in [0.2, 0.25) is 5.91 Å². The summed E-state index contributed by atoms with van der Waals surface area (Å²) in [5.41, 5.74) is 1.69. The molecule has 1 heterocycles. The summed E-state index contributed by atoms with van der Waals surface area (Å²) in [6, 6.07) is 10.5. The van der Waals surface area contributed by atoms with Gasteiger partial charge < -0.3 is 9.84 Å². The molecule has 1 amide bonds. The summed E-state index contributed by atoms with van der Waals surface area (Å²) in [6.07, 6.45) is 0.147. The SMILES string of the molecule is Cc1cc(CC(=O)Nc2cccc(C#N)c2)no1. The lowest BCUT2D eigenvalue weighted by Crippen LogP contribution is -2.14. The van der Waals surface area contributed by atoms with Crippen molar-refractivity contribution in [1.29, 1.82) is 5.26 Å². The summed E-state index contributed by atoms with van der Waals surface area (Å²) in [5, 5.41) is 15.2. The molecule has 0 aliphatic rings. The van der Waals surface area contributed by atoms with E-state index in [0.717, 1.165) is 0 Å². The van der Waals surface area contributed by atoms with E-state index in [1.165, 1.54) is 0 Å². The number of amides is 1. The van der Waals surface area contributed by atoms with Crippen molar-refractivity contribution in [2.45, 2.75) is 13.3 Å². The van der Waals surface area contributed by atoms with Gasteiger partial charge in [0, 0.05) is 11.8 Å². The van der Waals surface area contributed by atoms with Crippen LogP contribution >= 0.6 is 0 Å². The maximum Gasteiger partial charge on any atom is 0.230 e. The van der Waals surface area contributed by atoms with Gasteiger partial charge in [-0.3, -0.25) is 4.79 Å². The Balaban J connectivity index is 2.01. The highest BCUT2D eigenvalue weighted by atomic mass is 16.5. The summed E-state index contributed by atoms with van der Waals surface area (Å²) in [7, 11) is 0. The highest BCUT2D eigenvalue weighted by molar-refractivity contribution is 5.92. The van der Waals surface area contributed by atoms with E-state index < -0.39 is 0 Å². The van der Waals surface area contributed by atoms with Crippen molar-refractivity contribution < 1.29 is 9.32 Å². The molecular weight excluding hydrogens is 230 g/mol. The molecular formula is C13H11N3O2. The molecule has 1 N–H and O–H groups in total. The number of rotatable bonds is 3. The lowest BCUT2D eigenvalue weighted by atomic mass is 10.2. The van der Waals surface area contributed by atoms with Gasteiger partial charge in [-0.1, -0.05) is 11.2 Å². The van der Waals surface area contributed by atoms with Crippen molar-refractivity contribution >= 4 is 11.6 Å². The predicted molar refractivity (Wildman–Crippen MR) is 64.7 cm³/mol. The van der Waals surface area contributed by atoms with Gasteiger partial charge in [-0.25, -0.2) is 0 Å². The fourth-order valence-corrected chi connectivity index (χ4v) is 1.54. The standard InChI is InChI=1S/C13H11N3O2/c1-9-5-12(16-18-9)7-13(17)15-11-4-2-3-10(6-11)8-14/h2-6H,7H2,1H3,(H,15,17). The fourth-order valence-electron chi connectivity index (χ4n) is 1.54. The number of benzene rings is 1. The maximum absolute atomic E-state index is 11.7. The molecule has 5 heteroatoms. The van der Waals surface area contributed by atoms with Crippen molar-refractivity contribution in [1.82, 2.24) is 5.16 Å². The van der Waals surface area contributed by atoms with E-state index >= 15 is 0 Å². The Bertz CT molecular complexity index is 611. The average molecular weight is 241 g/mol. The van der Waals surface area contributed by atoms with Crippen molar-refractivity contribution in [3.05, 3.63) is 47.3 Å².